The van der Waals surface area contributed by atoms with E-state index in [1.165, 1.54) is 11.1 Å². The molecule has 0 radical (unpaired) electrons. The van der Waals surface area contributed by atoms with Crippen LogP contribution in [0.2, 0.25) is 0 Å². The van der Waals surface area contributed by atoms with Crippen LogP contribution in [0.25, 0.3) is 0 Å². The van der Waals surface area contributed by atoms with Gasteiger partial charge in [-0.25, -0.2) is 0 Å². The number of benzene rings is 1. The Balaban J connectivity index is 2.86. The van der Waals surface area contributed by atoms with Crippen LogP contribution >= 0.6 is 0 Å². The number of rotatable bonds is 7. The molecule has 1 atom stereocenters. The lowest BCUT2D eigenvalue weighted by atomic mass is 10.1. The SMILES string of the molecule is C=CCc1cc(CC=C)cc(OCC(C)N)c1. The highest BCUT2D eigenvalue weighted by molar-refractivity contribution is 5.36. The Kier molecular flexibility index (Phi) is 5.50. The highest BCUT2D eigenvalue weighted by atomic mass is 16.5. The van der Waals surface area contributed by atoms with Crippen LogP contribution in [0.4, 0.5) is 0 Å². The molecule has 1 aromatic carbocycles. The zero-order chi connectivity index (χ0) is 12.7. The highest BCUT2D eigenvalue weighted by Gasteiger charge is 2.02. The topological polar surface area (TPSA) is 35.2 Å². The zero-order valence-electron chi connectivity index (χ0n) is 10.5. The van der Waals surface area contributed by atoms with Gasteiger partial charge in [-0.05, 0) is 43.0 Å². The second-order valence-corrected chi connectivity index (χ2v) is 4.26. The van der Waals surface area contributed by atoms with E-state index in [1.807, 2.05) is 31.2 Å². The summed E-state index contributed by atoms with van der Waals surface area (Å²) in [5.41, 5.74) is 8.09. The van der Waals surface area contributed by atoms with E-state index in [4.69, 9.17) is 10.5 Å². The van der Waals surface area contributed by atoms with E-state index in [2.05, 4.69) is 19.2 Å². The Labute approximate surface area is 104 Å². The van der Waals surface area contributed by atoms with E-state index in [9.17, 15) is 0 Å². The molecule has 1 unspecified atom stereocenters. The molecule has 0 fully saturated rings. The Bertz CT molecular complexity index is 354. The maximum Gasteiger partial charge on any atom is 0.119 e. The molecule has 2 heteroatoms. The van der Waals surface area contributed by atoms with Gasteiger partial charge < -0.3 is 10.5 Å². The summed E-state index contributed by atoms with van der Waals surface area (Å²) in [4.78, 5) is 0. The van der Waals surface area contributed by atoms with Gasteiger partial charge in [0.15, 0.2) is 0 Å². The van der Waals surface area contributed by atoms with E-state index < -0.39 is 0 Å². The normalized spacial score (nSPS) is 11.9. The molecule has 1 aromatic rings. The largest absolute Gasteiger partial charge is 0.492 e. The first kappa shape index (κ1) is 13.5. The molecule has 0 aliphatic rings. The van der Waals surface area contributed by atoms with Gasteiger partial charge in [-0.15, -0.1) is 13.2 Å². The third kappa shape index (κ3) is 4.87. The summed E-state index contributed by atoms with van der Waals surface area (Å²) in [6.07, 6.45) is 5.48. The van der Waals surface area contributed by atoms with Gasteiger partial charge in [0.25, 0.3) is 0 Å². The van der Waals surface area contributed by atoms with Crippen molar-refractivity contribution in [2.24, 2.45) is 5.73 Å². The van der Waals surface area contributed by atoms with Gasteiger partial charge in [-0.2, -0.15) is 0 Å². The van der Waals surface area contributed by atoms with Crippen LogP contribution in [0.15, 0.2) is 43.5 Å². The van der Waals surface area contributed by atoms with Crippen molar-refractivity contribution in [2.75, 3.05) is 6.61 Å². The minimum absolute atomic E-state index is 0.0425. The van der Waals surface area contributed by atoms with E-state index in [-0.39, 0.29) is 6.04 Å². The molecule has 0 saturated heterocycles. The van der Waals surface area contributed by atoms with Gasteiger partial charge in [-0.3, -0.25) is 0 Å². The third-order valence-corrected chi connectivity index (χ3v) is 2.30. The first-order chi connectivity index (χ1) is 8.15. The Morgan fingerprint density at radius 1 is 1.18 bits per heavy atom. The number of hydrogen-bond donors (Lipinski definition) is 1. The van der Waals surface area contributed by atoms with Crippen LogP contribution in [-0.2, 0) is 12.8 Å². The van der Waals surface area contributed by atoms with Crippen LogP contribution in [0.3, 0.4) is 0 Å². The van der Waals surface area contributed by atoms with Crippen molar-refractivity contribution in [1.29, 1.82) is 0 Å². The number of allylic oxidation sites excluding steroid dienone is 2. The molecule has 0 amide bonds. The minimum Gasteiger partial charge on any atom is -0.492 e. The van der Waals surface area contributed by atoms with E-state index >= 15 is 0 Å². The molecule has 0 aliphatic heterocycles. The smallest absolute Gasteiger partial charge is 0.119 e. The molecule has 0 aliphatic carbocycles. The van der Waals surface area contributed by atoms with E-state index in [0.717, 1.165) is 18.6 Å². The number of ether oxygens (including phenoxy) is 1. The van der Waals surface area contributed by atoms with Crippen molar-refractivity contribution < 1.29 is 4.74 Å². The predicted molar refractivity (Wildman–Crippen MR) is 73.4 cm³/mol. The van der Waals surface area contributed by atoms with Crippen LogP contribution in [-0.4, -0.2) is 12.6 Å². The van der Waals surface area contributed by atoms with Gasteiger partial charge in [0.2, 0.25) is 0 Å². The van der Waals surface area contributed by atoms with Crippen molar-refractivity contribution in [3.8, 4) is 5.75 Å². The summed E-state index contributed by atoms with van der Waals surface area (Å²) in [5.74, 6) is 0.874. The van der Waals surface area contributed by atoms with Crippen molar-refractivity contribution in [2.45, 2.75) is 25.8 Å². The van der Waals surface area contributed by atoms with Crippen molar-refractivity contribution in [1.82, 2.24) is 0 Å². The van der Waals surface area contributed by atoms with Gasteiger partial charge in [0, 0.05) is 6.04 Å². The average Bonchev–Trinajstić information content (AvgIpc) is 2.27. The molecule has 0 bridgehead atoms. The summed E-state index contributed by atoms with van der Waals surface area (Å²) in [6, 6.07) is 6.27. The van der Waals surface area contributed by atoms with Crippen molar-refractivity contribution in [3.63, 3.8) is 0 Å². The maximum atomic E-state index is 5.68. The lowest BCUT2D eigenvalue weighted by molar-refractivity contribution is 0.296. The fourth-order valence-corrected chi connectivity index (χ4v) is 1.61. The van der Waals surface area contributed by atoms with Crippen molar-refractivity contribution in [3.05, 3.63) is 54.6 Å². The van der Waals surface area contributed by atoms with Gasteiger partial charge in [0.05, 0.1) is 0 Å². The Hall–Kier alpha value is -1.54. The standard InChI is InChI=1S/C15H21NO/c1-4-6-13-8-14(7-5-2)10-15(9-13)17-11-12(3)16/h4-5,8-10,12H,1-2,6-7,11,16H2,3H3. The molecular formula is C15H21NO. The molecule has 17 heavy (non-hydrogen) atoms. The molecule has 0 aromatic heterocycles. The minimum atomic E-state index is 0.0425. The van der Waals surface area contributed by atoms with Gasteiger partial charge in [-0.1, -0.05) is 18.2 Å². The predicted octanol–water partition coefficient (Wildman–Crippen LogP) is 2.87. The second kappa shape index (κ2) is 6.92. The first-order valence-corrected chi connectivity index (χ1v) is 5.88. The summed E-state index contributed by atoms with van der Waals surface area (Å²) in [6.45, 7) is 9.97. The fourth-order valence-electron chi connectivity index (χ4n) is 1.61. The van der Waals surface area contributed by atoms with Crippen LogP contribution in [0, 0.1) is 0 Å². The molecule has 2 nitrogen and oxygen atoms in total. The van der Waals surface area contributed by atoms with Crippen LogP contribution < -0.4 is 10.5 Å². The Morgan fingerprint density at radius 2 is 1.71 bits per heavy atom. The summed E-state index contributed by atoms with van der Waals surface area (Å²) < 4.78 is 5.65. The summed E-state index contributed by atoms with van der Waals surface area (Å²) in [7, 11) is 0. The molecule has 0 heterocycles. The molecule has 1 rings (SSSR count). The first-order valence-electron chi connectivity index (χ1n) is 5.88. The van der Waals surface area contributed by atoms with Gasteiger partial charge in [0.1, 0.15) is 12.4 Å². The van der Waals surface area contributed by atoms with Gasteiger partial charge >= 0.3 is 0 Å². The monoisotopic (exact) mass is 231 g/mol. The van der Waals surface area contributed by atoms with E-state index in [0.29, 0.717) is 6.61 Å². The van der Waals surface area contributed by atoms with E-state index in [1.54, 1.807) is 0 Å². The molecular weight excluding hydrogens is 210 g/mol. The third-order valence-electron chi connectivity index (χ3n) is 2.30. The van der Waals surface area contributed by atoms with Crippen LogP contribution in [0.1, 0.15) is 18.1 Å². The molecule has 0 saturated carbocycles. The van der Waals surface area contributed by atoms with Crippen molar-refractivity contribution >= 4 is 0 Å². The molecule has 0 spiro atoms. The fraction of sp³-hybridized carbons (Fsp3) is 0.333. The second-order valence-electron chi connectivity index (χ2n) is 4.26. The highest BCUT2D eigenvalue weighted by Crippen LogP contribution is 2.19. The number of hydrogen-bond acceptors (Lipinski definition) is 2. The lowest BCUT2D eigenvalue weighted by Crippen LogP contribution is -2.23. The zero-order valence-corrected chi connectivity index (χ0v) is 10.5. The maximum absolute atomic E-state index is 5.68. The molecule has 2 N–H and O–H groups in total. The average molecular weight is 231 g/mol. The molecule has 92 valence electrons. The lowest BCUT2D eigenvalue weighted by Gasteiger charge is -2.11. The van der Waals surface area contributed by atoms with Crippen LogP contribution in [0.5, 0.6) is 5.75 Å². The quantitative estimate of drug-likeness (QED) is 0.732. The summed E-state index contributed by atoms with van der Waals surface area (Å²) >= 11 is 0. The Morgan fingerprint density at radius 3 is 2.12 bits per heavy atom. The number of nitrogens with two attached hydrogens (primary N) is 1. The summed E-state index contributed by atoms with van der Waals surface area (Å²) in [5, 5.41) is 0.